The fourth-order valence-electron chi connectivity index (χ4n) is 2.83. The first-order valence-corrected chi connectivity index (χ1v) is 9.61. The van der Waals surface area contributed by atoms with Crippen LogP contribution in [0, 0.1) is 0 Å². The highest BCUT2D eigenvalue weighted by atomic mass is 16.6. The van der Waals surface area contributed by atoms with Gasteiger partial charge in [-0.2, -0.15) is 0 Å². The number of ether oxygens (including phenoxy) is 1. The molecule has 1 saturated heterocycles. The third-order valence-electron chi connectivity index (χ3n) is 4.39. The van der Waals surface area contributed by atoms with Crippen LogP contribution >= 0.6 is 0 Å². The molecule has 3 heteroatoms. The fraction of sp³-hybridized carbons (Fsp3) is 0.667. The third-order valence-corrected chi connectivity index (χ3v) is 4.39. The molecule has 1 atom stereocenters. The van der Waals surface area contributed by atoms with Gasteiger partial charge in [0.15, 0.2) is 0 Å². The fourth-order valence-corrected chi connectivity index (χ4v) is 2.83. The van der Waals surface area contributed by atoms with E-state index in [0.29, 0.717) is 5.57 Å². The van der Waals surface area contributed by atoms with Gasteiger partial charge in [-0.05, 0) is 38.5 Å². The number of hydrogen-bond donors (Lipinski definition) is 1. The normalized spacial score (nSPS) is 19.6. The second-order valence-electron chi connectivity index (χ2n) is 6.58. The van der Waals surface area contributed by atoms with Crippen LogP contribution in [0.25, 0.3) is 0 Å². The summed E-state index contributed by atoms with van der Waals surface area (Å²) in [5.41, 5.74) is 0.342. The molecule has 0 aromatic heterocycles. The first-order valence-electron chi connectivity index (χ1n) is 9.61. The molecular formula is C21H34O3. The van der Waals surface area contributed by atoms with E-state index in [2.05, 4.69) is 25.7 Å². The van der Waals surface area contributed by atoms with E-state index in [1.165, 1.54) is 51.4 Å². The molecule has 136 valence electrons. The smallest absolute Gasteiger partial charge is 0.341 e. The average Bonchev–Trinajstić information content (AvgIpc) is 2.81. The second-order valence-corrected chi connectivity index (χ2v) is 6.58. The molecule has 0 amide bonds. The van der Waals surface area contributed by atoms with Crippen molar-refractivity contribution in [3.05, 3.63) is 36.1 Å². The minimum absolute atomic E-state index is 0.138. The van der Waals surface area contributed by atoms with E-state index in [-0.39, 0.29) is 5.76 Å². The Balaban J connectivity index is 1.95. The van der Waals surface area contributed by atoms with Crippen LogP contribution in [-0.2, 0) is 9.53 Å². The molecule has 1 rings (SSSR count). The number of allylic oxidation sites excluding steroid dienone is 3. The standard InChI is InChI=1S/C21H34O3/c1-3-4-5-6-7-8-9-10-11-12-13-14-15-16-17-19-20(22)18(2)24-21(19)23/h11-12,17,20,22H,2-10,13-16H2,1H3. The molecule has 1 aliphatic heterocycles. The van der Waals surface area contributed by atoms with Crippen molar-refractivity contribution in [1.82, 2.24) is 0 Å². The molecule has 0 aromatic rings. The van der Waals surface area contributed by atoms with Crippen molar-refractivity contribution in [3.8, 4) is 0 Å². The molecule has 0 saturated carbocycles. The summed E-state index contributed by atoms with van der Waals surface area (Å²) in [6.45, 7) is 5.77. The molecule has 24 heavy (non-hydrogen) atoms. The summed E-state index contributed by atoms with van der Waals surface area (Å²) in [7, 11) is 0. The van der Waals surface area contributed by atoms with Gasteiger partial charge in [-0.25, -0.2) is 4.79 Å². The molecule has 0 aliphatic carbocycles. The number of aliphatic hydroxyl groups is 1. The van der Waals surface area contributed by atoms with Crippen LogP contribution in [0.2, 0.25) is 0 Å². The SMILES string of the molecule is C=C1OC(=O)C(=CCCCCC=CCCCCCCCCC)C1O. The molecule has 1 unspecified atom stereocenters. The summed E-state index contributed by atoms with van der Waals surface area (Å²) < 4.78 is 4.79. The van der Waals surface area contributed by atoms with Gasteiger partial charge in [0.2, 0.25) is 0 Å². The second kappa shape index (κ2) is 13.0. The van der Waals surface area contributed by atoms with Crippen LogP contribution in [0.15, 0.2) is 36.1 Å². The number of rotatable bonds is 13. The topological polar surface area (TPSA) is 46.5 Å². The molecule has 3 nitrogen and oxygen atoms in total. The van der Waals surface area contributed by atoms with Crippen LogP contribution in [0.3, 0.4) is 0 Å². The van der Waals surface area contributed by atoms with Gasteiger partial charge >= 0.3 is 5.97 Å². The Morgan fingerprint density at radius 1 is 0.958 bits per heavy atom. The molecule has 1 aliphatic rings. The zero-order chi connectivity index (χ0) is 17.6. The van der Waals surface area contributed by atoms with Crippen LogP contribution in [0.5, 0.6) is 0 Å². The number of carbonyl (C=O) groups is 1. The van der Waals surface area contributed by atoms with Crippen LogP contribution in [0.1, 0.15) is 84.0 Å². The quantitative estimate of drug-likeness (QED) is 0.206. The molecular weight excluding hydrogens is 300 g/mol. The summed E-state index contributed by atoms with van der Waals surface area (Å²) in [5.74, 6) is -0.318. The lowest BCUT2D eigenvalue weighted by atomic mass is 10.1. The molecule has 1 fully saturated rings. The Morgan fingerprint density at radius 2 is 1.50 bits per heavy atom. The van der Waals surface area contributed by atoms with Gasteiger partial charge in [-0.3, -0.25) is 0 Å². The Bertz CT molecular complexity index is 434. The number of unbranched alkanes of at least 4 members (excludes halogenated alkanes) is 10. The van der Waals surface area contributed by atoms with Crippen molar-refractivity contribution in [2.75, 3.05) is 0 Å². The largest absolute Gasteiger partial charge is 0.425 e. The van der Waals surface area contributed by atoms with Gasteiger partial charge in [-0.15, -0.1) is 0 Å². The first kappa shape index (κ1) is 20.7. The predicted octanol–water partition coefficient (Wildman–Crippen LogP) is 5.60. The summed E-state index contributed by atoms with van der Waals surface area (Å²) in [6.07, 6.45) is 20.1. The Morgan fingerprint density at radius 3 is 2.08 bits per heavy atom. The van der Waals surface area contributed by atoms with E-state index in [9.17, 15) is 9.90 Å². The third kappa shape index (κ3) is 8.49. The minimum atomic E-state index is -0.945. The van der Waals surface area contributed by atoms with Crippen molar-refractivity contribution in [3.63, 3.8) is 0 Å². The Kier molecular flexibility index (Phi) is 11.2. The maximum Gasteiger partial charge on any atom is 0.341 e. The lowest BCUT2D eigenvalue weighted by molar-refractivity contribution is -0.132. The summed E-state index contributed by atoms with van der Waals surface area (Å²) in [5, 5.41) is 9.71. The maximum atomic E-state index is 11.4. The van der Waals surface area contributed by atoms with E-state index in [1.807, 2.05) is 0 Å². The number of hydrogen-bond acceptors (Lipinski definition) is 3. The number of cyclic esters (lactones) is 1. The highest BCUT2D eigenvalue weighted by Crippen LogP contribution is 2.23. The summed E-state index contributed by atoms with van der Waals surface area (Å²) in [4.78, 5) is 11.4. The first-order chi connectivity index (χ1) is 11.7. The van der Waals surface area contributed by atoms with Crippen LogP contribution in [0.4, 0.5) is 0 Å². The number of carbonyl (C=O) groups excluding carboxylic acids is 1. The molecule has 0 spiro atoms. The van der Waals surface area contributed by atoms with Gasteiger partial charge in [0.05, 0.1) is 5.57 Å². The van der Waals surface area contributed by atoms with E-state index in [4.69, 9.17) is 4.74 Å². The van der Waals surface area contributed by atoms with Crippen molar-refractivity contribution in [1.29, 1.82) is 0 Å². The lowest BCUT2D eigenvalue weighted by Crippen LogP contribution is -2.07. The van der Waals surface area contributed by atoms with Crippen LogP contribution in [-0.4, -0.2) is 17.2 Å². The number of aliphatic hydroxyl groups excluding tert-OH is 1. The highest BCUT2D eigenvalue weighted by Gasteiger charge is 2.32. The summed E-state index contributed by atoms with van der Waals surface area (Å²) >= 11 is 0. The zero-order valence-corrected chi connectivity index (χ0v) is 15.3. The molecule has 0 bridgehead atoms. The zero-order valence-electron chi connectivity index (χ0n) is 15.3. The van der Waals surface area contributed by atoms with E-state index >= 15 is 0 Å². The van der Waals surface area contributed by atoms with Crippen molar-refractivity contribution in [2.24, 2.45) is 0 Å². The van der Waals surface area contributed by atoms with E-state index in [0.717, 1.165) is 25.7 Å². The van der Waals surface area contributed by atoms with Crippen molar-refractivity contribution in [2.45, 2.75) is 90.1 Å². The average molecular weight is 335 g/mol. The Hall–Kier alpha value is -1.35. The molecule has 0 radical (unpaired) electrons. The molecule has 1 heterocycles. The highest BCUT2D eigenvalue weighted by molar-refractivity contribution is 5.93. The molecule has 0 aromatic carbocycles. The van der Waals surface area contributed by atoms with E-state index < -0.39 is 12.1 Å². The van der Waals surface area contributed by atoms with Gasteiger partial charge in [0.25, 0.3) is 0 Å². The lowest BCUT2D eigenvalue weighted by Gasteiger charge is -2.00. The van der Waals surface area contributed by atoms with Gasteiger partial charge in [0.1, 0.15) is 11.9 Å². The predicted molar refractivity (Wildman–Crippen MR) is 99.5 cm³/mol. The molecule has 1 N–H and O–H groups in total. The Labute approximate surface area is 147 Å². The van der Waals surface area contributed by atoms with Crippen LogP contribution < -0.4 is 0 Å². The van der Waals surface area contributed by atoms with Crippen molar-refractivity contribution >= 4 is 5.97 Å². The summed E-state index contributed by atoms with van der Waals surface area (Å²) in [6, 6.07) is 0. The van der Waals surface area contributed by atoms with Gasteiger partial charge in [-0.1, -0.05) is 70.3 Å². The van der Waals surface area contributed by atoms with Gasteiger partial charge in [0, 0.05) is 0 Å². The number of esters is 1. The monoisotopic (exact) mass is 334 g/mol. The minimum Gasteiger partial charge on any atom is -0.425 e. The van der Waals surface area contributed by atoms with Crippen molar-refractivity contribution < 1.29 is 14.6 Å². The maximum absolute atomic E-state index is 11.4. The van der Waals surface area contributed by atoms with Gasteiger partial charge < -0.3 is 9.84 Å². The van der Waals surface area contributed by atoms with E-state index in [1.54, 1.807) is 6.08 Å².